The second kappa shape index (κ2) is 5.26. The number of benzene rings is 1. The molecule has 0 aliphatic rings. The minimum Gasteiger partial charge on any atom is -0.161 e. The maximum Gasteiger partial charge on any atom is 0.0181 e. The van der Waals surface area contributed by atoms with Crippen LogP contribution in [0.4, 0.5) is 0 Å². The second-order valence-corrected chi connectivity index (χ2v) is 3.87. The van der Waals surface area contributed by atoms with Gasteiger partial charge in [-0.05, 0) is 23.8 Å². The van der Waals surface area contributed by atoms with Crippen LogP contribution >= 0.6 is 11.8 Å². The average molecular weight is 180 g/mol. The number of aryl methyl sites for hydroxylation is 1. The third-order valence-electron chi connectivity index (χ3n) is 1.87. The molecular formula is C11H16S. The Morgan fingerprint density at radius 2 is 1.67 bits per heavy atom. The largest absolute Gasteiger partial charge is 0.161 e. The Labute approximate surface area is 79.4 Å². The van der Waals surface area contributed by atoms with Gasteiger partial charge in [0.25, 0.3) is 0 Å². The molecule has 0 aliphatic heterocycles. The van der Waals surface area contributed by atoms with Crippen molar-refractivity contribution in [1.29, 1.82) is 0 Å². The fourth-order valence-corrected chi connectivity index (χ4v) is 1.78. The third kappa shape index (κ3) is 2.90. The molecule has 0 nitrogen and oxygen atoms in total. The molecule has 0 aliphatic carbocycles. The molecule has 0 N–H and O–H groups in total. The van der Waals surface area contributed by atoms with Gasteiger partial charge in [0.2, 0.25) is 0 Å². The van der Waals surface area contributed by atoms with Gasteiger partial charge in [-0.3, -0.25) is 0 Å². The fourth-order valence-electron chi connectivity index (χ4n) is 1.26. The molecule has 0 unspecified atom stereocenters. The minimum absolute atomic E-state index is 1.13. The van der Waals surface area contributed by atoms with Crippen molar-refractivity contribution in [1.82, 2.24) is 0 Å². The molecule has 0 fully saturated rings. The molecule has 1 aromatic rings. The van der Waals surface area contributed by atoms with Crippen molar-refractivity contribution in [2.75, 3.05) is 6.26 Å². The summed E-state index contributed by atoms with van der Waals surface area (Å²) in [5.74, 6) is 1.13. The van der Waals surface area contributed by atoms with E-state index in [0.717, 1.165) is 5.75 Å². The van der Waals surface area contributed by atoms with Gasteiger partial charge in [0, 0.05) is 5.75 Å². The van der Waals surface area contributed by atoms with Crippen LogP contribution in [-0.4, -0.2) is 6.26 Å². The van der Waals surface area contributed by atoms with Crippen molar-refractivity contribution in [2.24, 2.45) is 0 Å². The van der Waals surface area contributed by atoms with Crippen molar-refractivity contribution in [3.63, 3.8) is 0 Å². The summed E-state index contributed by atoms with van der Waals surface area (Å²) in [4.78, 5) is 0. The molecular weight excluding hydrogens is 164 g/mol. The van der Waals surface area contributed by atoms with E-state index in [1.54, 1.807) is 0 Å². The van der Waals surface area contributed by atoms with E-state index in [1.165, 1.54) is 24.0 Å². The zero-order valence-corrected chi connectivity index (χ0v) is 8.66. The van der Waals surface area contributed by atoms with Gasteiger partial charge in [-0.1, -0.05) is 37.6 Å². The Hall–Kier alpha value is -0.430. The lowest BCUT2D eigenvalue weighted by Gasteiger charge is -2.00. The highest BCUT2D eigenvalue weighted by molar-refractivity contribution is 7.97. The van der Waals surface area contributed by atoms with Crippen LogP contribution in [0.5, 0.6) is 0 Å². The number of hydrogen-bond donors (Lipinski definition) is 0. The Morgan fingerprint density at radius 1 is 1.08 bits per heavy atom. The van der Waals surface area contributed by atoms with Crippen LogP contribution in [0.25, 0.3) is 0 Å². The maximum absolute atomic E-state index is 2.25. The van der Waals surface area contributed by atoms with Crippen LogP contribution < -0.4 is 0 Å². The zero-order chi connectivity index (χ0) is 8.81. The van der Waals surface area contributed by atoms with Crippen molar-refractivity contribution < 1.29 is 0 Å². The van der Waals surface area contributed by atoms with Gasteiger partial charge in [0.1, 0.15) is 0 Å². The molecule has 1 rings (SSSR count). The molecule has 0 bridgehead atoms. The molecule has 66 valence electrons. The van der Waals surface area contributed by atoms with Crippen LogP contribution in [0.3, 0.4) is 0 Å². The number of hydrogen-bond acceptors (Lipinski definition) is 1. The van der Waals surface area contributed by atoms with E-state index < -0.39 is 0 Å². The van der Waals surface area contributed by atoms with Gasteiger partial charge in [0.05, 0.1) is 0 Å². The Bertz CT molecular complexity index is 188. The van der Waals surface area contributed by atoms with E-state index >= 15 is 0 Å². The molecule has 0 atom stereocenters. The summed E-state index contributed by atoms with van der Waals surface area (Å²) in [6.45, 7) is 2.22. The van der Waals surface area contributed by atoms with Crippen LogP contribution in [0.1, 0.15) is 24.5 Å². The summed E-state index contributed by atoms with van der Waals surface area (Å²) in [5.41, 5.74) is 2.89. The van der Waals surface area contributed by atoms with Crippen molar-refractivity contribution in [3.05, 3.63) is 35.4 Å². The highest BCUT2D eigenvalue weighted by Crippen LogP contribution is 2.11. The lowest BCUT2D eigenvalue weighted by atomic mass is 10.1. The molecule has 12 heavy (non-hydrogen) atoms. The highest BCUT2D eigenvalue weighted by Gasteiger charge is 1.92. The summed E-state index contributed by atoms with van der Waals surface area (Å²) < 4.78 is 0. The lowest BCUT2D eigenvalue weighted by molar-refractivity contribution is 0.921. The van der Waals surface area contributed by atoms with E-state index in [-0.39, 0.29) is 0 Å². The fraction of sp³-hybridized carbons (Fsp3) is 0.455. The summed E-state index contributed by atoms with van der Waals surface area (Å²) in [5, 5.41) is 0. The normalized spacial score (nSPS) is 10.2. The van der Waals surface area contributed by atoms with Gasteiger partial charge >= 0.3 is 0 Å². The van der Waals surface area contributed by atoms with E-state index in [2.05, 4.69) is 37.4 Å². The number of rotatable bonds is 4. The van der Waals surface area contributed by atoms with Gasteiger partial charge < -0.3 is 0 Å². The van der Waals surface area contributed by atoms with Crippen LogP contribution in [0.15, 0.2) is 24.3 Å². The molecule has 1 heteroatoms. The molecule has 0 saturated carbocycles. The molecule has 0 aromatic heterocycles. The second-order valence-electron chi connectivity index (χ2n) is 3.00. The quantitative estimate of drug-likeness (QED) is 0.683. The Kier molecular flexibility index (Phi) is 4.23. The van der Waals surface area contributed by atoms with E-state index in [1.807, 2.05) is 11.8 Å². The smallest absolute Gasteiger partial charge is 0.0181 e. The predicted octanol–water partition coefficient (Wildman–Crippen LogP) is 3.50. The Balaban J connectivity index is 2.58. The molecule has 0 amide bonds. The number of thioether (sulfide) groups is 1. The van der Waals surface area contributed by atoms with Gasteiger partial charge in [-0.25, -0.2) is 0 Å². The Morgan fingerprint density at radius 3 is 2.17 bits per heavy atom. The van der Waals surface area contributed by atoms with Crippen LogP contribution in [-0.2, 0) is 12.2 Å². The van der Waals surface area contributed by atoms with Crippen LogP contribution in [0, 0.1) is 0 Å². The van der Waals surface area contributed by atoms with Crippen molar-refractivity contribution >= 4 is 11.8 Å². The summed E-state index contributed by atoms with van der Waals surface area (Å²) in [7, 11) is 0. The highest BCUT2D eigenvalue weighted by atomic mass is 32.2. The molecule has 0 spiro atoms. The average Bonchev–Trinajstić information content (AvgIpc) is 2.09. The molecule has 0 heterocycles. The molecule has 0 saturated heterocycles. The first-order valence-electron chi connectivity index (χ1n) is 4.43. The first-order valence-corrected chi connectivity index (χ1v) is 5.83. The first-order chi connectivity index (χ1) is 5.86. The summed E-state index contributed by atoms with van der Waals surface area (Å²) in [6.07, 6.45) is 4.58. The monoisotopic (exact) mass is 180 g/mol. The first kappa shape index (κ1) is 9.66. The van der Waals surface area contributed by atoms with Gasteiger partial charge in [-0.15, -0.1) is 0 Å². The molecule has 1 aromatic carbocycles. The zero-order valence-electron chi connectivity index (χ0n) is 7.84. The predicted molar refractivity (Wildman–Crippen MR) is 57.7 cm³/mol. The van der Waals surface area contributed by atoms with Crippen molar-refractivity contribution in [3.8, 4) is 0 Å². The van der Waals surface area contributed by atoms with E-state index in [9.17, 15) is 0 Å². The standard InChI is InChI=1S/C11H16S/c1-3-4-10-5-7-11(8-6-10)9-12-2/h5-8H,3-4,9H2,1-2H3. The summed E-state index contributed by atoms with van der Waals surface area (Å²) >= 11 is 1.87. The minimum atomic E-state index is 1.13. The van der Waals surface area contributed by atoms with E-state index in [4.69, 9.17) is 0 Å². The van der Waals surface area contributed by atoms with Gasteiger partial charge in [0.15, 0.2) is 0 Å². The maximum atomic E-state index is 2.25. The van der Waals surface area contributed by atoms with Gasteiger partial charge in [-0.2, -0.15) is 11.8 Å². The lowest BCUT2D eigenvalue weighted by Crippen LogP contribution is -1.84. The summed E-state index contributed by atoms with van der Waals surface area (Å²) in [6, 6.07) is 8.97. The van der Waals surface area contributed by atoms with E-state index in [0.29, 0.717) is 0 Å². The van der Waals surface area contributed by atoms with Crippen molar-refractivity contribution in [2.45, 2.75) is 25.5 Å². The third-order valence-corrected chi connectivity index (χ3v) is 2.49. The SMILES string of the molecule is CCCc1ccc(CSC)cc1. The van der Waals surface area contributed by atoms with Crippen LogP contribution in [0.2, 0.25) is 0 Å². The topological polar surface area (TPSA) is 0 Å². The molecule has 0 radical (unpaired) electrons.